The second kappa shape index (κ2) is 8.69. The normalized spacial score (nSPS) is 16.4. The van der Waals surface area contributed by atoms with Crippen LogP contribution in [0.15, 0.2) is 29.3 Å². The van der Waals surface area contributed by atoms with E-state index in [0.29, 0.717) is 13.1 Å². The highest BCUT2D eigenvalue weighted by molar-refractivity contribution is 14.0. The number of aliphatic imine (C=N–C) groups is 1. The Morgan fingerprint density at radius 3 is 2.95 bits per heavy atom. The molecule has 1 heterocycles. The van der Waals surface area contributed by atoms with Crippen molar-refractivity contribution in [2.75, 3.05) is 19.6 Å². The molecule has 1 aliphatic rings. The summed E-state index contributed by atoms with van der Waals surface area (Å²) in [6.45, 7) is 3.92. The minimum Gasteiger partial charge on any atom is -0.488 e. The Labute approximate surface area is 137 Å². The average Bonchev–Trinajstić information content (AvgIpc) is 2.84. The number of nitrogens with one attached hydrogen (secondary N) is 2. The first kappa shape index (κ1) is 16.6. The molecule has 1 aromatic carbocycles. The molecule has 1 unspecified atom stereocenters. The van der Waals surface area contributed by atoms with Gasteiger partial charge >= 0.3 is 0 Å². The van der Waals surface area contributed by atoms with Crippen LogP contribution in [0, 0.1) is 12.3 Å². The van der Waals surface area contributed by atoms with Gasteiger partial charge < -0.3 is 15.4 Å². The summed E-state index contributed by atoms with van der Waals surface area (Å²) in [5.41, 5.74) is 1.25. The predicted octanol–water partition coefficient (Wildman–Crippen LogP) is 1.80. The molecule has 2 N–H and O–H groups in total. The van der Waals surface area contributed by atoms with Crippen molar-refractivity contribution in [2.24, 2.45) is 4.99 Å². The highest BCUT2D eigenvalue weighted by Gasteiger charge is 2.21. The number of hydrogen-bond donors (Lipinski definition) is 2. The topological polar surface area (TPSA) is 45.7 Å². The molecule has 4 nitrogen and oxygen atoms in total. The van der Waals surface area contributed by atoms with E-state index in [2.05, 4.69) is 27.6 Å². The molecule has 1 aliphatic heterocycles. The zero-order valence-corrected chi connectivity index (χ0v) is 13.9. The van der Waals surface area contributed by atoms with Crippen molar-refractivity contribution in [1.29, 1.82) is 0 Å². The van der Waals surface area contributed by atoms with Gasteiger partial charge in [0.15, 0.2) is 5.96 Å². The maximum absolute atomic E-state index is 5.84. The van der Waals surface area contributed by atoms with Crippen molar-refractivity contribution in [3.63, 3.8) is 0 Å². The Morgan fingerprint density at radius 2 is 2.25 bits per heavy atom. The van der Waals surface area contributed by atoms with Crippen LogP contribution in [0.5, 0.6) is 5.75 Å². The maximum atomic E-state index is 5.84. The summed E-state index contributed by atoms with van der Waals surface area (Å²) in [6, 6.07) is 8.12. The third-order valence-electron chi connectivity index (χ3n) is 2.87. The van der Waals surface area contributed by atoms with Gasteiger partial charge in [-0.25, -0.2) is 4.99 Å². The van der Waals surface area contributed by atoms with E-state index in [-0.39, 0.29) is 30.1 Å². The zero-order chi connectivity index (χ0) is 13.5. The fourth-order valence-corrected chi connectivity index (χ4v) is 2.03. The molecule has 0 aliphatic carbocycles. The van der Waals surface area contributed by atoms with Crippen LogP contribution in [0.25, 0.3) is 0 Å². The number of fused-ring (bicyclic) bond motifs is 1. The average molecular weight is 385 g/mol. The van der Waals surface area contributed by atoms with E-state index in [1.165, 1.54) is 5.56 Å². The molecule has 20 heavy (non-hydrogen) atoms. The number of benzene rings is 1. The van der Waals surface area contributed by atoms with Crippen LogP contribution in [-0.2, 0) is 6.42 Å². The Bertz CT molecular complexity index is 471. The summed E-state index contributed by atoms with van der Waals surface area (Å²) in [4.78, 5) is 4.49. The van der Waals surface area contributed by atoms with Gasteiger partial charge in [-0.2, -0.15) is 0 Å². The van der Waals surface area contributed by atoms with Crippen LogP contribution >= 0.6 is 24.0 Å². The van der Waals surface area contributed by atoms with Crippen LogP contribution < -0.4 is 15.4 Å². The van der Waals surface area contributed by atoms with Crippen molar-refractivity contribution >= 4 is 29.9 Å². The monoisotopic (exact) mass is 385 g/mol. The number of hydrogen-bond acceptors (Lipinski definition) is 2. The number of para-hydroxylation sites is 1. The Balaban J connectivity index is 0.00000200. The number of terminal acetylenes is 1. The van der Waals surface area contributed by atoms with Gasteiger partial charge in [-0.1, -0.05) is 24.1 Å². The second-order valence-corrected chi connectivity index (χ2v) is 4.33. The second-order valence-electron chi connectivity index (χ2n) is 4.33. The summed E-state index contributed by atoms with van der Waals surface area (Å²) in [5.74, 6) is 4.25. The van der Waals surface area contributed by atoms with Gasteiger partial charge in [-0.15, -0.1) is 30.4 Å². The van der Waals surface area contributed by atoms with E-state index in [1.54, 1.807) is 0 Å². The van der Waals surface area contributed by atoms with Gasteiger partial charge in [0.05, 0.1) is 13.1 Å². The number of nitrogens with zero attached hydrogens (tertiary/aromatic N) is 1. The maximum Gasteiger partial charge on any atom is 0.192 e. The molecule has 5 heteroatoms. The van der Waals surface area contributed by atoms with Crippen LogP contribution in [0.2, 0.25) is 0 Å². The molecule has 0 radical (unpaired) electrons. The molecular formula is C15H20IN3O. The highest BCUT2D eigenvalue weighted by atomic mass is 127. The number of ether oxygens (including phenoxy) is 1. The summed E-state index contributed by atoms with van der Waals surface area (Å²) < 4.78 is 5.84. The third-order valence-corrected chi connectivity index (χ3v) is 2.87. The molecule has 1 aromatic rings. The standard InChI is InChI=1S/C15H19N3O.HI/c1-3-9-17-15(16-4-2)18-11-13-10-12-7-5-6-8-14(12)19-13;/h1,5-8,13H,4,9-11H2,2H3,(H2,16,17,18);1H. The first-order chi connectivity index (χ1) is 9.33. The van der Waals surface area contributed by atoms with Crippen LogP contribution in [0.4, 0.5) is 0 Å². The third kappa shape index (κ3) is 4.60. The SMILES string of the molecule is C#CCNC(=NCC1Cc2ccccc2O1)NCC.I. The van der Waals surface area contributed by atoms with Gasteiger partial charge in [0, 0.05) is 13.0 Å². The minimum absolute atomic E-state index is 0. The molecular weight excluding hydrogens is 365 g/mol. The summed E-state index contributed by atoms with van der Waals surface area (Å²) in [6.07, 6.45) is 6.25. The van der Waals surface area contributed by atoms with Crippen molar-refractivity contribution in [3.8, 4) is 18.1 Å². The molecule has 0 saturated heterocycles. The van der Waals surface area contributed by atoms with E-state index in [9.17, 15) is 0 Å². The minimum atomic E-state index is 0. The molecule has 108 valence electrons. The Hall–Kier alpha value is -1.42. The van der Waals surface area contributed by atoms with E-state index in [1.807, 2.05) is 25.1 Å². The van der Waals surface area contributed by atoms with E-state index < -0.39 is 0 Å². The number of rotatable bonds is 4. The van der Waals surface area contributed by atoms with Gasteiger partial charge in [0.25, 0.3) is 0 Å². The molecule has 0 fully saturated rings. The lowest BCUT2D eigenvalue weighted by molar-refractivity contribution is 0.241. The smallest absolute Gasteiger partial charge is 0.192 e. The molecule has 0 bridgehead atoms. The Morgan fingerprint density at radius 1 is 1.45 bits per heavy atom. The highest BCUT2D eigenvalue weighted by Crippen LogP contribution is 2.27. The predicted molar refractivity (Wildman–Crippen MR) is 92.8 cm³/mol. The molecule has 0 aromatic heterocycles. The lowest BCUT2D eigenvalue weighted by atomic mass is 10.1. The molecule has 0 amide bonds. The van der Waals surface area contributed by atoms with Gasteiger partial charge in [0.2, 0.25) is 0 Å². The fraction of sp³-hybridized carbons (Fsp3) is 0.400. The largest absolute Gasteiger partial charge is 0.488 e. The Kier molecular flexibility index (Phi) is 7.23. The molecule has 1 atom stereocenters. The van der Waals surface area contributed by atoms with Crippen molar-refractivity contribution in [2.45, 2.75) is 19.4 Å². The molecule has 0 saturated carbocycles. The fourth-order valence-electron chi connectivity index (χ4n) is 2.03. The van der Waals surface area contributed by atoms with Gasteiger partial charge in [0.1, 0.15) is 11.9 Å². The number of halogens is 1. The lowest BCUT2D eigenvalue weighted by Gasteiger charge is -2.11. The number of guanidine groups is 1. The molecule has 0 spiro atoms. The van der Waals surface area contributed by atoms with E-state index in [0.717, 1.165) is 24.7 Å². The van der Waals surface area contributed by atoms with Crippen LogP contribution in [-0.4, -0.2) is 31.7 Å². The van der Waals surface area contributed by atoms with Crippen LogP contribution in [0.3, 0.4) is 0 Å². The first-order valence-electron chi connectivity index (χ1n) is 6.53. The van der Waals surface area contributed by atoms with Crippen LogP contribution in [0.1, 0.15) is 12.5 Å². The summed E-state index contributed by atoms with van der Waals surface area (Å²) in [7, 11) is 0. The quantitative estimate of drug-likeness (QED) is 0.360. The summed E-state index contributed by atoms with van der Waals surface area (Å²) in [5, 5.41) is 6.21. The zero-order valence-electron chi connectivity index (χ0n) is 11.6. The van der Waals surface area contributed by atoms with Gasteiger partial charge in [-0.05, 0) is 18.6 Å². The van der Waals surface area contributed by atoms with Gasteiger partial charge in [-0.3, -0.25) is 0 Å². The van der Waals surface area contributed by atoms with E-state index >= 15 is 0 Å². The lowest BCUT2D eigenvalue weighted by Crippen LogP contribution is -2.38. The molecule has 2 rings (SSSR count). The van der Waals surface area contributed by atoms with E-state index in [4.69, 9.17) is 11.2 Å². The van der Waals surface area contributed by atoms with Crippen molar-refractivity contribution in [1.82, 2.24) is 10.6 Å². The van der Waals surface area contributed by atoms with Crippen molar-refractivity contribution < 1.29 is 4.74 Å². The van der Waals surface area contributed by atoms with Crippen molar-refractivity contribution in [3.05, 3.63) is 29.8 Å². The summed E-state index contributed by atoms with van der Waals surface area (Å²) >= 11 is 0. The first-order valence-corrected chi connectivity index (χ1v) is 6.53.